The number of carboxylic acid groups (broad SMARTS) is 1. The van der Waals surface area contributed by atoms with Gasteiger partial charge in [-0.25, -0.2) is 13.9 Å². The summed E-state index contributed by atoms with van der Waals surface area (Å²) >= 11 is 5.74. The summed E-state index contributed by atoms with van der Waals surface area (Å²) in [5, 5.41) is 12.8. The molecule has 1 heterocycles. The van der Waals surface area contributed by atoms with Crippen LogP contribution in [0.1, 0.15) is 16.1 Å². The van der Waals surface area contributed by atoms with Gasteiger partial charge in [-0.2, -0.15) is 18.3 Å². The Morgan fingerprint density at radius 1 is 1.12 bits per heavy atom. The quantitative estimate of drug-likeness (QED) is 0.643. The van der Waals surface area contributed by atoms with Crippen LogP contribution in [-0.2, 0) is 6.18 Å². The highest BCUT2D eigenvalue weighted by molar-refractivity contribution is 6.30. The van der Waals surface area contributed by atoms with Crippen molar-refractivity contribution in [1.82, 2.24) is 9.78 Å². The van der Waals surface area contributed by atoms with Crippen LogP contribution < -0.4 is 0 Å². The van der Waals surface area contributed by atoms with Gasteiger partial charge in [0.1, 0.15) is 5.82 Å². The number of alkyl halides is 3. The average molecular weight is 385 g/mol. The van der Waals surface area contributed by atoms with E-state index in [-0.39, 0.29) is 27.7 Å². The molecule has 1 N–H and O–H groups in total. The van der Waals surface area contributed by atoms with Crippen LogP contribution in [0.5, 0.6) is 0 Å². The number of halogens is 5. The highest BCUT2D eigenvalue weighted by Crippen LogP contribution is 2.33. The summed E-state index contributed by atoms with van der Waals surface area (Å²) < 4.78 is 53.4. The van der Waals surface area contributed by atoms with Crippen molar-refractivity contribution in [3.63, 3.8) is 0 Å². The van der Waals surface area contributed by atoms with Crippen molar-refractivity contribution in [2.24, 2.45) is 0 Å². The van der Waals surface area contributed by atoms with E-state index in [9.17, 15) is 22.4 Å². The standard InChI is InChI=1S/C17H9ClF4N2O2/c18-12-7-11(4-5-13(12)19)24-15(8-14(23-24)16(25)26)9-2-1-3-10(6-9)17(20,21)22/h1-8H,(H,25,26). The lowest BCUT2D eigenvalue weighted by Gasteiger charge is -2.11. The van der Waals surface area contributed by atoms with Crippen LogP contribution in [0.2, 0.25) is 5.02 Å². The average Bonchev–Trinajstić information content (AvgIpc) is 3.02. The van der Waals surface area contributed by atoms with Crippen molar-refractivity contribution >= 4 is 17.6 Å². The summed E-state index contributed by atoms with van der Waals surface area (Å²) in [4.78, 5) is 11.2. The van der Waals surface area contributed by atoms with Gasteiger partial charge in [0.05, 0.1) is 22.0 Å². The fourth-order valence-electron chi connectivity index (χ4n) is 2.36. The van der Waals surface area contributed by atoms with E-state index in [0.29, 0.717) is 0 Å². The smallest absolute Gasteiger partial charge is 0.416 e. The fourth-order valence-corrected chi connectivity index (χ4v) is 2.53. The molecule has 0 unspecified atom stereocenters. The predicted octanol–water partition coefficient (Wildman–Crippen LogP) is 5.05. The maximum absolute atomic E-state index is 13.4. The summed E-state index contributed by atoms with van der Waals surface area (Å²) in [7, 11) is 0. The van der Waals surface area contributed by atoms with Gasteiger partial charge < -0.3 is 5.11 Å². The summed E-state index contributed by atoms with van der Waals surface area (Å²) in [6.45, 7) is 0. The number of benzene rings is 2. The molecule has 4 nitrogen and oxygen atoms in total. The number of aromatic nitrogens is 2. The van der Waals surface area contributed by atoms with Crippen LogP contribution in [0, 0.1) is 5.82 Å². The Balaban J connectivity index is 2.21. The van der Waals surface area contributed by atoms with Crippen molar-refractivity contribution in [2.75, 3.05) is 0 Å². The molecule has 0 saturated heterocycles. The minimum absolute atomic E-state index is 0.0937. The second-order valence-corrected chi connectivity index (χ2v) is 5.72. The van der Waals surface area contributed by atoms with Gasteiger partial charge in [0.2, 0.25) is 0 Å². The monoisotopic (exact) mass is 384 g/mol. The molecule has 2 aromatic carbocycles. The molecule has 1 aromatic heterocycles. The molecule has 3 rings (SSSR count). The Bertz CT molecular complexity index is 999. The van der Waals surface area contributed by atoms with E-state index >= 15 is 0 Å². The zero-order chi connectivity index (χ0) is 19.1. The first-order valence-electron chi connectivity index (χ1n) is 7.13. The number of hydrogen-bond donors (Lipinski definition) is 1. The number of carbonyl (C=O) groups is 1. The van der Waals surface area contributed by atoms with Gasteiger partial charge in [0.15, 0.2) is 5.69 Å². The number of rotatable bonds is 3. The van der Waals surface area contributed by atoms with E-state index < -0.39 is 23.5 Å². The fraction of sp³-hybridized carbons (Fsp3) is 0.0588. The Labute approximate surface area is 149 Å². The molecule has 134 valence electrons. The lowest BCUT2D eigenvalue weighted by atomic mass is 10.1. The van der Waals surface area contributed by atoms with Crippen molar-refractivity contribution in [1.29, 1.82) is 0 Å². The molecular weight excluding hydrogens is 376 g/mol. The molecule has 0 amide bonds. The predicted molar refractivity (Wildman–Crippen MR) is 85.9 cm³/mol. The second kappa shape index (κ2) is 6.45. The summed E-state index contributed by atoms with van der Waals surface area (Å²) in [6, 6.07) is 9.04. The van der Waals surface area contributed by atoms with Gasteiger partial charge in [0.25, 0.3) is 0 Å². The molecule has 0 atom stereocenters. The van der Waals surface area contributed by atoms with E-state index in [1.807, 2.05) is 0 Å². The van der Waals surface area contributed by atoms with Gasteiger partial charge in [-0.3, -0.25) is 0 Å². The van der Waals surface area contributed by atoms with Gasteiger partial charge in [-0.15, -0.1) is 0 Å². The van der Waals surface area contributed by atoms with Crippen LogP contribution in [0.3, 0.4) is 0 Å². The van der Waals surface area contributed by atoms with Gasteiger partial charge >= 0.3 is 12.1 Å². The normalized spacial score (nSPS) is 11.6. The largest absolute Gasteiger partial charge is 0.476 e. The van der Waals surface area contributed by atoms with Gasteiger partial charge in [0, 0.05) is 5.56 Å². The molecule has 0 aliphatic heterocycles. The van der Waals surface area contributed by atoms with E-state index in [2.05, 4.69) is 5.10 Å². The topological polar surface area (TPSA) is 55.1 Å². The SMILES string of the molecule is O=C(O)c1cc(-c2cccc(C(F)(F)F)c2)n(-c2ccc(F)c(Cl)c2)n1. The minimum Gasteiger partial charge on any atom is -0.476 e. The number of hydrogen-bond acceptors (Lipinski definition) is 2. The second-order valence-electron chi connectivity index (χ2n) is 5.31. The third-order valence-corrected chi connectivity index (χ3v) is 3.85. The van der Waals surface area contributed by atoms with E-state index in [1.54, 1.807) is 0 Å². The van der Waals surface area contributed by atoms with E-state index in [4.69, 9.17) is 16.7 Å². The number of carboxylic acids is 1. The molecule has 0 bridgehead atoms. The van der Waals surface area contributed by atoms with Crippen molar-refractivity contribution in [3.8, 4) is 16.9 Å². The third-order valence-electron chi connectivity index (χ3n) is 3.56. The lowest BCUT2D eigenvalue weighted by Crippen LogP contribution is -2.05. The third kappa shape index (κ3) is 3.41. The molecule has 0 saturated carbocycles. The lowest BCUT2D eigenvalue weighted by molar-refractivity contribution is -0.137. The Morgan fingerprint density at radius 2 is 1.85 bits per heavy atom. The van der Waals surface area contributed by atoms with Crippen LogP contribution in [0.25, 0.3) is 16.9 Å². The molecule has 0 radical (unpaired) electrons. The first kappa shape index (κ1) is 17.9. The molecule has 9 heteroatoms. The summed E-state index contributed by atoms with van der Waals surface area (Å²) in [5.74, 6) is -2.05. The molecular formula is C17H9ClF4N2O2. The summed E-state index contributed by atoms with van der Waals surface area (Å²) in [5.41, 5.74) is -0.873. The van der Waals surface area contributed by atoms with Gasteiger partial charge in [-0.1, -0.05) is 23.7 Å². The van der Waals surface area contributed by atoms with Gasteiger partial charge in [-0.05, 0) is 36.4 Å². The van der Waals surface area contributed by atoms with Crippen LogP contribution >= 0.6 is 11.6 Å². The first-order chi connectivity index (χ1) is 12.2. The molecule has 0 fully saturated rings. The molecule has 26 heavy (non-hydrogen) atoms. The molecule has 0 aliphatic rings. The van der Waals surface area contributed by atoms with Crippen molar-refractivity contribution in [2.45, 2.75) is 6.18 Å². The first-order valence-corrected chi connectivity index (χ1v) is 7.51. The molecule has 3 aromatic rings. The Hall–Kier alpha value is -2.87. The maximum Gasteiger partial charge on any atom is 0.416 e. The highest BCUT2D eigenvalue weighted by Gasteiger charge is 2.31. The minimum atomic E-state index is -4.56. The number of aromatic carboxylic acids is 1. The van der Waals surface area contributed by atoms with Crippen LogP contribution in [0.15, 0.2) is 48.5 Å². The zero-order valence-electron chi connectivity index (χ0n) is 12.8. The van der Waals surface area contributed by atoms with Crippen LogP contribution in [-0.4, -0.2) is 20.9 Å². The summed E-state index contributed by atoms with van der Waals surface area (Å²) in [6.07, 6.45) is -4.56. The molecule has 0 spiro atoms. The maximum atomic E-state index is 13.4. The van der Waals surface area contributed by atoms with Crippen molar-refractivity contribution < 1.29 is 27.5 Å². The van der Waals surface area contributed by atoms with Crippen LogP contribution in [0.4, 0.5) is 17.6 Å². The van der Waals surface area contributed by atoms with E-state index in [1.165, 1.54) is 24.3 Å². The Morgan fingerprint density at radius 3 is 2.46 bits per heavy atom. The highest BCUT2D eigenvalue weighted by atomic mass is 35.5. The Kier molecular flexibility index (Phi) is 4.45. The van der Waals surface area contributed by atoms with E-state index in [0.717, 1.165) is 28.9 Å². The number of nitrogens with zero attached hydrogens (tertiary/aromatic N) is 2. The zero-order valence-corrected chi connectivity index (χ0v) is 13.5. The van der Waals surface area contributed by atoms with Crippen molar-refractivity contribution in [3.05, 3.63) is 70.6 Å². The molecule has 0 aliphatic carbocycles.